The highest BCUT2D eigenvalue weighted by Gasteiger charge is 2.39. The highest BCUT2D eigenvalue weighted by molar-refractivity contribution is 5.87. The largest absolute Gasteiger partial charge is 0.356 e. The van der Waals surface area contributed by atoms with Crippen LogP contribution in [0.5, 0.6) is 0 Å². The van der Waals surface area contributed by atoms with E-state index in [-0.39, 0.29) is 0 Å². The number of rotatable bonds is 1. The first-order valence-electron chi connectivity index (χ1n) is 6.89. The van der Waals surface area contributed by atoms with Gasteiger partial charge in [0.25, 0.3) is 0 Å². The van der Waals surface area contributed by atoms with Crippen molar-refractivity contribution in [2.75, 3.05) is 18.0 Å². The quantitative estimate of drug-likeness (QED) is 0.836. The Hall–Kier alpha value is -1.58. The highest BCUT2D eigenvalue weighted by atomic mass is 15.2. The fourth-order valence-electron chi connectivity index (χ4n) is 3.48. The van der Waals surface area contributed by atoms with Gasteiger partial charge in [-0.3, -0.25) is 0 Å². The maximum atomic E-state index is 4.49. The van der Waals surface area contributed by atoms with Crippen molar-refractivity contribution in [3.63, 3.8) is 0 Å². The molecule has 4 rings (SSSR count). The van der Waals surface area contributed by atoms with Crippen LogP contribution < -0.4 is 4.90 Å². The summed E-state index contributed by atoms with van der Waals surface area (Å²) in [6.07, 6.45) is 10.6. The summed E-state index contributed by atoms with van der Waals surface area (Å²) >= 11 is 0. The summed E-state index contributed by atoms with van der Waals surface area (Å²) < 4.78 is 0. The zero-order valence-corrected chi connectivity index (χ0v) is 10.5. The number of hydrogen-bond acceptors (Lipinski definition) is 3. The molecule has 18 heavy (non-hydrogen) atoms. The first-order chi connectivity index (χ1) is 8.86. The number of nitrogens with one attached hydrogen (secondary N) is 1. The van der Waals surface area contributed by atoms with Crippen molar-refractivity contribution in [2.24, 2.45) is 5.41 Å². The monoisotopic (exact) mass is 242 g/mol. The van der Waals surface area contributed by atoms with Crippen LogP contribution in [0.3, 0.4) is 0 Å². The van der Waals surface area contributed by atoms with Gasteiger partial charge in [-0.2, -0.15) is 0 Å². The van der Waals surface area contributed by atoms with Gasteiger partial charge in [-0.25, -0.2) is 9.97 Å². The van der Waals surface area contributed by atoms with Crippen LogP contribution in [0.25, 0.3) is 11.0 Å². The normalized spacial score (nSPS) is 22.3. The predicted molar refractivity (Wildman–Crippen MR) is 71.6 cm³/mol. The van der Waals surface area contributed by atoms with Gasteiger partial charge in [-0.15, -0.1) is 0 Å². The molecule has 0 radical (unpaired) electrons. The smallest absolute Gasteiger partial charge is 0.142 e. The van der Waals surface area contributed by atoms with Crippen molar-refractivity contribution < 1.29 is 0 Å². The topological polar surface area (TPSA) is 44.8 Å². The van der Waals surface area contributed by atoms with E-state index in [9.17, 15) is 0 Å². The molecule has 94 valence electrons. The first kappa shape index (κ1) is 10.4. The fraction of sp³-hybridized carbons (Fsp3) is 0.571. The number of piperidine rings is 1. The summed E-state index contributed by atoms with van der Waals surface area (Å²) in [5, 5.41) is 1.15. The van der Waals surface area contributed by atoms with E-state index < -0.39 is 0 Å². The van der Waals surface area contributed by atoms with E-state index in [0.717, 1.165) is 29.9 Å². The second-order valence-corrected chi connectivity index (χ2v) is 5.78. The molecule has 1 saturated heterocycles. The standard InChI is InChI=1S/C14H18N4/c1-3-14(4-1)5-8-18(9-6-14)13-11-2-7-15-12(11)16-10-17-13/h2,7,10H,1,3-6,8-9H2,(H,15,16,17). The van der Waals surface area contributed by atoms with Gasteiger partial charge in [0.2, 0.25) is 0 Å². The Morgan fingerprint density at radius 2 is 1.94 bits per heavy atom. The van der Waals surface area contributed by atoms with Crippen molar-refractivity contribution in [1.82, 2.24) is 15.0 Å². The fourth-order valence-corrected chi connectivity index (χ4v) is 3.48. The molecule has 0 aromatic carbocycles. The first-order valence-corrected chi connectivity index (χ1v) is 6.89. The molecule has 1 saturated carbocycles. The van der Waals surface area contributed by atoms with Crippen LogP contribution in [0.15, 0.2) is 18.6 Å². The average Bonchev–Trinajstić information content (AvgIpc) is 2.85. The minimum absolute atomic E-state index is 0.695. The van der Waals surface area contributed by atoms with E-state index >= 15 is 0 Å². The zero-order chi connectivity index (χ0) is 12.0. The van der Waals surface area contributed by atoms with E-state index in [1.807, 2.05) is 6.20 Å². The molecule has 1 spiro atoms. The molecule has 1 aliphatic heterocycles. The summed E-state index contributed by atoms with van der Waals surface area (Å²) in [7, 11) is 0. The maximum absolute atomic E-state index is 4.49. The van der Waals surface area contributed by atoms with E-state index in [1.54, 1.807) is 6.33 Å². The van der Waals surface area contributed by atoms with Crippen molar-refractivity contribution in [3.05, 3.63) is 18.6 Å². The number of H-pyrrole nitrogens is 1. The Morgan fingerprint density at radius 1 is 1.11 bits per heavy atom. The van der Waals surface area contributed by atoms with E-state index in [4.69, 9.17) is 0 Å². The molecule has 4 heteroatoms. The van der Waals surface area contributed by atoms with Crippen LogP contribution in [-0.4, -0.2) is 28.0 Å². The lowest BCUT2D eigenvalue weighted by Gasteiger charge is -2.48. The van der Waals surface area contributed by atoms with Crippen LogP contribution >= 0.6 is 0 Å². The summed E-state index contributed by atoms with van der Waals surface area (Å²) in [6, 6.07) is 2.08. The second kappa shape index (κ2) is 3.70. The minimum Gasteiger partial charge on any atom is -0.356 e. The molecule has 0 amide bonds. The Morgan fingerprint density at radius 3 is 2.67 bits per heavy atom. The molecular weight excluding hydrogens is 224 g/mol. The number of nitrogens with zero attached hydrogens (tertiary/aromatic N) is 3. The summed E-state index contributed by atoms with van der Waals surface area (Å²) in [5.41, 5.74) is 1.64. The Bertz CT molecular complexity index is 560. The Labute approximate surface area is 106 Å². The van der Waals surface area contributed by atoms with Gasteiger partial charge in [-0.05, 0) is 37.2 Å². The third-order valence-electron chi connectivity index (χ3n) is 4.87. The molecule has 1 aliphatic carbocycles. The van der Waals surface area contributed by atoms with Crippen LogP contribution in [0.4, 0.5) is 5.82 Å². The second-order valence-electron chi connectivity index (χ2n) is 5.78. The zero-order valence-electron chi connectivity index (χ0n) is 10.5. The molecule has 2 aliphatic rings. The molecule has 3 heterocycles. The predicted octanol–water partition coefficient (Wildman–Crippen LogP) is 2.73. The molecule has 0 unspecified atom stereocenters. The minimum atomic E-state index is 0.695. The van der Waals surface area contributed by atoms with Gasteiger partial charge in [0.1, 0.15) is 17.8 Å². The Kier molecular flexibility index (Phi) is 2.13. The number of anilines is 1. The van der Waals surface area contributed by atoms with Gasteiger partial charge in [-0.1, -0.05) is 6.42 Å². The molecule has 0 bridgehead atoms. The van der Waals surface area contributed by atoms with Gasteiger partial charge in [0.05, 0.1) is 5.39 Å². The lowest BCUT2D eigenvalue weighted by molar-refractivity contribution is 0.0954. The maximum Gasteiger partial charge on any atom is 0.142 e. The molecule has 1 N–H and O–H groups in total. The van der Waals surface area contributed by atoms with Gasteiger partial charge < -0.3 is 9.88 Å². The molecule has 4 nitrogen and oxygen atoms in total. The van der Waals surface area contributed by atoms with Crippen molar-refractivity contribution in [1.29, 1.82) is 0 Å². The average molecular weight is 242 g/mol. The number of aromatic nitrogens is 3. The number of fused-ring (bicyclic) bond motifs is 1. The van der Waals surface area contributed by atoms with E-state index in [2.05, 4.69) is 25.9 Å². The van der Waals surface area contributed by atoms with Crippen molar-refractivity contribution >= 4 is 16.9 Å². The summed E-state index contributed by atoms with van der Waals surface area (Å²) in [6.45, 7) is 2.30. The molecule has 2 fully saturated rings. The van der Waals surface area contributed by atoms with E-state index in [1.165, 1.54) is 32.1 Å². The third-order valence-corrected chi connectivity index (χ3v) is 4.87. The van der Waals surface area contributed by atoms with Crippen molar-refractivity contribution in [2.45, 2.75) is 32.1 Å². The summed E-state index contributed by atoms with van der Waals surface area (Å²) in [5.74, 6) is 1.11. The van der Waals surface area contributed by atoms with Gasteiger partial charge in [0, 0.05) is 19.3 Å². The van der Waals surface area contributed by atoms with Crippen LogP contribution in [0.1, 0.15) is 32.1 Å². The molecule has 2 aromatic heterocycles. The van der Waals surface area contributed by atoms with E-state index in [0.29, 0.717) is 5.41 Å². The van der Waals surface area contributed by atoms with Crippen LogP contribution in [0, 0.1) is 5.41 Å². The highest BCUT2D eigenvalue weighted by Crippen LogP contribution is 2.49. The molecular formula is C14H18N4. The SMILES string of the molecule is c1nc(N2CCC3(CCC3)CC2)c2cc[nH]c2n1. The lowest BCUT2D eigenvalue weighted by Crippen LogP contribution is -2.43. The van der Waals surface area contributed by atoms with Gasteiger partial charge in [0.15, 0.2) is 0 Å². The Balaban J connectivity index is 1.62. The molecule has 2 aromatic rings. The lowest BCUT2D eigenvalue weighted by atomic mass is 9.63. The summed E-state index contributed by atoms with van der Waals surface area (Å²) in [4.78, 5) is 14.3. The van der Waals surface area contributed by atoms with Gasteiger partial charge >= 0.3 is 0 Å². The number of aromatic amines is 1. The third kappa shape index (κ3) is 1.44. The van der Waals surface area contributed by atoms with Crippen molar-refractivity contribution in [3.8, 4) is 0 Å². The number of hydrogen-bond donors (Lipinski definition) is 1. The molecule has 0 atom stereocenters. The van der Waals surface area contributed by atoms with Crippen LogP contribution in [-0.2, 0) is 0 Å². The van der Waals surface area contributed by atoms with Crippen LogP contribution in [0.2, 0.25) is 0 Å².